The van der Waals surface area contributed by atoms with Gasteiger partial charge in [-0.2, -0.15) is 11.3 Å². The van der Waals surface area contributed by atoms with Gasteiger partial charge in [0.2, 0.25) is 0 Å². The van der Waals surface area contributed by atoms with Crippen molar-refractivity contribution in [2.75, 3.05) is 13.2 Å². The molecule has 1 aromatic carbocycles. The van der Waals surface area contributed by atoms with Crippen molar-refractivity contribution < 1.29 is 9.84 Å². The minimum Gasteiger partial charge on any atom is -0.387 e. The molecule has 100 valence electrons. The standard InChI is InChI=1S/C15H17NO2S/c17-15(12-5-6-19-10-12)7-16-14-9-18-8-11-3-1-2-4-13(11)14/h1-6,10,14-17H,7-9H2. The number of aliphatic hydroxyl groups excluding tert-OH is 1. The molecule has 1 aliphatic heterocycles. The average Bonchev–Trinajstić information content (AvgIpc) is 2.99. The Balaban J connectivity index is 1.65. The van der Waals surface area contributed by atoms with E-state index in [1.54, 1.807) is 11.3 Å². The average molecular weight is 275 g/mol. The van der Waals surface area contributed by atoms with E-state index < -0.39 is 6.10 Å². The second-order valence-electron chi connectivity index (χ2n) is 4.75. The summed E-state index contributed by atoms with van der Waals surface area (Å²) in [5.74, 6) is 0. The highest BCUT2D eigenvalue weighted by Crippen LogP contribution is 2.25. The van der Waals surface area contributed by atoms with Gasteiger partial charge < -0.3 is 15.2 Å². The number of hydrogen-bond acceptors (Lipinski definition) is 4. The summed E-state index contributed by atoms with van der Waals surface area (Å²) in [7, 11) is 0. The lowest BCUT2D eigenvalue weighted by Crippen LogP contribution is -2.32. The van der Waals surface area contributed by atoms with Crippen LogP contribution in [-0.2, 0) is 11.3 Å². The first kappa shape index (κ1) is 12.8. The van der Waals surface area contributed by atoms with E-state index in [-0.39, 0.29) is 6.04 Å². The third kappa shape index (κ3) is 2.87. The first-order chi connectivity index (χ1) is 9.34. The first-order valence-electron chi connectivity index (χ1n) is 6.43. The lowest BCUT2D eigenvalue weighted by atomic mass is 9.99. The van der Waals surface area contributed by atoms with Gasteiger partial charge in [0.25, 0.3) is 0 Å². The predicted octanol–water partition coefficient (Wildman–Crippen LogP) is 2.64. The Bertz CT molecular complexity index is 527. The molecule has 2 aromatic rings. The molecule has 4 heteroatoms. The number of thiophene rings is 1. The smallest absolute Gasteiger partial charge is 0.0922 e. The number of rotatable bonds is 4. The van der Waals surface area contributed by atoms with Gasteiger partial charge in [-0.05, 0) is 33.5 Å². The van der Waals surface area contributed by atoms with Gasteiger partial charge in [0.1, 0.15) is 0 Å². The monoisotopic (exact) mass is 275 g/mol. The van der Waals surface area contributed by atoms with Gasteiger partial charge >= 0.3 is 0 Å². The molecule has 19 heavy (non-hydrogen) atoms. The Hall–Kier alpha value is -1.20. The Kier molecular flexibility index (Phi) is 3.94. The molecule has 0 bridgehead atoms. The van der Waals surface area contributed by atoms with Gasteiger partial charge in [-0.25, -0.2) is 0 Å². The van der Waals surface area contributed by atoms with E-state index in [0.29, 0.717) is 19.8 Å². The summed E-state index contributed by atoms with van der Waals surface area (Å²) in [6.45, 7) is 1.88. The number of nitrogens with one attached hydrogen (secondary N) is 1. The van der Waals surface area contributed by atoms with Crippen LogP contribution in [0.5, 0.6) is 0 Å². The zero-order valence-corrected chi connectivity index (χ0v) is 11.4. The highest BCUT2D eigenvalue weighted by Gasteiger charge is 2.20. The number of hydrogen-bond donors (Lipinski definition) is 2. The van der Waals surface area contributed by atoms with Crippen LogP contribution in [0, 0.1) is 0 Å². The van der Waals surface area contributed by atoms with Crippen molar-refractivity contribution in [3.05, 3.63) is 57.8 Å². The molecule has 2 N–H and O–H groups in total. The molecule has 0 spiro atoms. The summed E-state index contributed by atoms with van der Waals surface area (Å²) in [5, 5.41) is 17.5. The molecular formula is C15H17NO2S. The van der Waals surface area contributed by atoms with Gasteiger partial charge in [0.05, 0.1) is 25.4 Å². The number of aliphatic hydroxyl groups is 1. The molecule has 0 fully saturated rings. The van der Waals surface area contributed by atoms with Crippen molar-refractivity contribution in [3.63, 3.8) is 0 Å². The van der Waals surface area contributed by atoms with Crippen molar-refractivity contribution in [1.82, 2.24) is 5.32 Å². The second kappa shape index (κ2) is 5.84. The van der Waals surface area contributed by atoms with Gasteiger partial charge in [-0.3, -0.25) is 0 Å². The summed E-state index contributed by atoms with van der Waals surface area (Å²) in [6, 6.07) is 10.4. The quantitative estimate of drug-likeness (QED) is 0.901. The van der Waals surface area contributed by atoms with E-state index in [2.05, 4.69) is 17.4 Å². The normalized spacial score (nSPS) is 19.9. The Morgan fingerprint density at radius 3 is 3.11 bits per heavy atom. The highest BCUT2D eigenvalue weighted by molar-refractivity contribution is 7.07. The molecule has 0 saturated heterocycles. The molecule has 1 aromatic heterocycles. The van der Waals surface area contributed by atoms with Crippen molar-refractivity contribution in [1.29, 1.82) is 0 Å². The molecule has 2 atom stereocenters. The zero-order chi connectivity index (χ0) is 13.1. The second-order valence-corrected chi connectivity index (χ2v) is 5.53. The van der Waals surface area contributed by atoms with Crippen LogP contribution in [0.4, 0.5) is 0 Å². The van der Waals surface area contributed by atoms with E-state index >= 15 is 0 Å². The largest absolute Gasteiger partial charge is 0.387 e. The van der Waals surface area contributed by atoms with E-state index in [9.17, 15) is 5.11 Å². The predicted molar refractivity (Wildman–Crippen MR) is 76.1 cm³/mol. The molecule has 3 nitrogen and oxygen atoms in total. The number of benzene rings is 1. The first-order valence-corrected chi connectivity index (χ1v) is 7.38. The van der Waals surface area contributed by atoms with Crippen molar-refractivity contribution in [3.8, 4) is 0 Å². The van der Waals surface area contributed by atoms with Crippen LogP contribution in [0.3, 0.4) is 0 Å². The molecular weight excluding hydrogens is 258 g/mol. The van der Waals surface area contributed by atoms with Gasteiger partial charge in [-0.1, -0.05) is 24.3 Å². The Morgan fingerprint density at radius 1 is 1.37 bits per heavy atom. The van der Waals surface area contributed by atoms with Crippen LogP contribution in [0.15, 0.2) is 41.1 Å². The van der Waals surface area contributed by atoms with E-state index in [0.717, 1.165) is 5.56 Å². The minimum atomic E-state index is -0.458. The molecule has 2 unspecified atom stereocenters. The van der Waals surface area contributed by atoms with Crippen LogP contribution in [0.2, 0.25) is 0 Å². The van der Waals surface area contributed by atoms with E-state index in [1.165, 1.54) is 11.1 Å². The van der Waals surface area contributed by atoms with Crippen LogP contribution >= 0.6 is 11.3 Å². The van der Waals surface area contributed by atoms with Crippen molar-refractivity contribution in [2.24, 2.45) is 0 Å². The fourth-order valence-corrected chi connectivity index (χ4v) is 3.09. The lowest BCUT2D eigenvalue weighted by molar-refractivity contribution is 0.0755. The molecule has 3 rings (SSSR count). The van der Waals surface area contributed by atoms with Gasteiger partial charge in [0, 0.05) is 6.54 Å². The topological polar surface area (TPSA) is 41.5 Å². The highest BCUT2D eigenvalue weighted by atomic mass is 32.1. The van der Waals surface area contributed by atoms with E-state index in [4.69, 9.17) is 4.74 Å². The Morgan fingerprint density at radius 2 is 2.26 bits per heavy atom. The molecule has 2 heterocycles. The maximum Gasteiger partial charge on any atom is 0.0922 e. The SMILES string of the molecule is OC(CNC1COCc2ccccc21)c1ccsc1. The lowest BCUT2D eigenvalue weighted by Gasteiger charge is -2.27. The maximum absolute atomic E-state index is 10.1. The molecule has 1 aliphatic rings. The summed E-state index contributed by atoms with van der Waals surface area (Å²) in [5.41, 5.74) is 3.49. The van der Waals surface area contributed by atoms with Crippen LogP contribution in [-0.4, -0.2) is 18.3 Å². The van der Waals surface area contributed by atoms with Gasteiger partial charge in [0.15, 0.2) is 0 Å². The third-order valence-electron chi connectivity index (χ3n) is 3.46. The fraction of sp³-hybridized carbons (Fsp3) is 0.333. The number of ether oxygens (including phenoxy) is 1. The Labute approximate surface area is 116 Å². The maximum atomic E-state index is 10.1. The van der Waals surface area contributed by atoms with Gasteiger partial charge in [-0.15, -0.1) is 0 Å². The molecule has 0 radical (unpaired) electrons. The summed E-state index contributed by atoms with van der Waals surface area (Å²) in [6.07, 6.45) is -0.458. The number of fused-ring (bicyclic) bond motifs is 1. The van der Waals surface area contributed by atoms with E-state index in [1.807, 2.05) is 29.0 Å². The van der Waals surface area contributed by atoms with Crippen molar-refractivity contribution >= 4 is 11.3 Å². The summed E-state index contributed by atoms with van der Waals surface area (Å²) < 4.78 is 5.59. The summed E-state index contributed by atoms with van der Waals surface area (Å²) >= 11 is 1.61. The van der Waals surface area contributed by atoms with Crippen LogP contribution in [0.25, 0.3) is 0 Å². The van der Waals surface area contributed by atoms with Crippen molar-refractivity contribution in [2.45, 2.75) is 18.8 Å². The fourth-order valence-electron chi connectivity index (χ4n) is 2.39. The van der Waals surface area contributed by atoms with Crippen LogP contribution in [0.1, 0.15) is 28.8 Å². The minimum absolute atomic E-state index is 0.165. The third-order valence-corrected chi connectivity index (χ3v) is 4.16. The zero-order valence-electron chi connectivity index (χ0n) is 10.6. The molecule has 0 aliphatic carbocycles. The molecule has 0 saturated carbocycles. The van der Waals surface area contributed by atoms with Crippen LogP contribution < -0.4 is 5.32 Å². The summed E-state index contributed by atoms with van der Waals surface area (Å²) in [4.78, 5) is 0. The molecule has 0 amide bonds.